The zero-order chi connectivity index (χ0) is 22.0. The van der Waals surface area contributed by atoms with E-state index in [4.69, 9.17) is 9.47 Å². The summed E-state index contributed by atoms with van der Waals surface area (Å²) in [5.41, 5.74) is 4.27. The fraction of sp³-hybridized carbons (Fsp3) is 0.462. The third-order valence-corrected chi connectivity index (χ3v) is 6.03. The summed E-state index contributed by atoms with van der Waals surface area (Å²) in [7, 11) is 0. The van der Waals surface area contributed by atoms with Crippen LogP contribution < -0.4 is 0 Å². The predicted molar refractivity (Wildman–Crippen MR) is 120 cm³/mol. The molecule has 1 aliphatic heterocycles. The van der Waals surface area contributed by atoms with Crippen LogP contribution in [0, 0.1) is 0 Å². The average molecular weight is 422 g/mol. The minimum absolute atomic E-state index is 0.0460. The van der Waals surface area contributed by atoms with Crippen LogP contribution in [0.25, 0.3) is 11.1 Å². The first-order chi connectivity index (χ1) is 14.8. The van der Waals surface area contributed by atoms with Crippen LogP contribution in [0.15, 0.2) is 48.5 Å². The van der Waals surface area contributed by atoms with Gasteiger partial charge >= 0.3 is 12.1 Å². The molecule has 1 fully saturated rings. The van der Waals surface area contributed by atoms with Gasteiger partial charge in [-0.15, -0.1) is 0 Å². The van der Waals surface area contributed by atoms with E-state index in [1.54, 1.807) is 4.90 Å². The third-order valence-electron chi connectivity index (χ3n) is 6.03. The molecule has 2 aromatic rings. The highest BCUT2D eigenvalue weighted by Crippen LogP contribution is 2.44. The Morgan fingerprint density at radius 1 is 0.968 bits per heavy atom. The van der Waals surface area contributed by atoms with Gasteiger partial charge in [0, 0.05) is 18.5 Å². The first kappa shape index (κ1) is 21.4. The second-order valence-electron chi connectivity index (χ2n) is 9.44. The van der Waals surface area contributed by atoms with E-state index >= 15 is 0 Å². The highest BCUT2D eigenvalue weighted by Gasteiger charge is 2.33. The van der Waals surface area contributed by atoms with Crippen LogP contribution in [0.3, 0.4) is 0 Å². The number of esters is 1. The van der Waals surface area contributed by atoms with Gasteiger partial charge in [0.25, 0.3) is 0 Å². The molecule has 0 bridgehead atoms. The van der Waals surface area contributed by atoms with Gasteiger partial charge in [0.2, 0.25) is 0 Å². The lowest BCUT2D eigenvalue weighted by Gasteiger charge is -2.36. The molecule has 2 aromatic carbocycles. The molecule has 2 aliphatic rings. The Kier molecular flexibility index (Phi) is 6.03. The largest absolute Gasteiger partial charge is 0.465 e. The molecule has 1 atom stereocenters. The number of fused-ring (bicyclic) bond motifs is 3. The molecule has 5 nitrogen and oxygen atoms in total. The molecule has 5 heteroatoms. The normalized spacial score (nSPS) is 18.3. The molecule has 0 unspecified atom stereocenters. The summed E-state index contributed by atoms with van der Waals surface area (Å²) in [5, 5.41) is 0. The highest BCUT2D eigenvalue weighted by molar-refractivity contribution is 5.79. The smallest absolute Gasteiger partial charge is 0.410 e. The number of benzene rings is 2. The molecule has 164 valence electrons. The molecule has 0 aromatic heterocycles. The van der Waals surface area contributed by atoms with E-state index in [1.165, 1.54) is 22.3 Å². The van der Waals surface area contributed by atoms with E-state index in [2.05, 4.69) is 24.3 Å². The maximum Gasteiger partial charge on any atom is 0.410 e. The van der Waals surface area contributed by atoms with Gasteiger partial charge in [-0.05, 0) is 62.3 Å². The Hall–Kier alpha value is -2.82. The number of hydrogen-bond acceptors (Lipinski definition) is 4. The van der Waals surface area contributed by atoms with Crippen molar-refractivity contribution in [1.82, 2.24) is 4.90 Å². The number of likely N-dealkylation sites (tertiary alicyclic amines) is 1. The first-order valence-corrected chi connectivity index (χ1v) is 11.2. The Labute approximate surface area is 184 Å². The number of carbonyl (C=O) groups is 2. The number of ether oxygens (including phenoxy) is 2. The SMILES string of the molecule is CC(C)(C)OC(=O)N1CCCC[C@H]1CC(=O)OCC1c2ccccc2-c2ccccc21. The van der Waals surface area contributed by atoms with Crippen molar-refractivity contribution in [3.8, 4) is 11.1 Å². The van der Waals surface area contributed by atoms with Crippen molar-refractivity contribution in [2.45, 2.75) is 64.0 Å². The maximum absolute atomic E-state index is 12.7. The Morgan fingerprint density at radius 3 is 2.19 bits per heavy atom. The number of rotatable bonds is 4. The van der Waals surface area contributed by atoms with Gasteiger partial charge in [-0.1, -0.05) is 48.5 Å². The van der Waals surface area contributed by atoms with Crippen LogP contribution in [-0.4, -0.2) is 41.8 Å². The second-order valence-corrected chi connectivity index (χ2v) is 9.44. The Balaban J connectivity index is 1.40. The maximum atomic E-state index is 12.7. The van der Waals surface area contributed by atoms with Crippen molar-refractivity contribution in [3.63, 3.8) is 0 Å². The molecule has 0 radical (unpaired) electrons. The highest BCUT2D eigenvalue weighted by atomic mass is 16.6. The number of amides is 1. The lowest BCUT2D eigenvalue weighted by molar-refractivity contribution is -0.145. The van der Waals surface area contributed by atoms with Gasteiger partial charge in [0.15, 0.2) is 0 Å². The van der Waals surface area contributed by atoms with Crippen molar-refractivity contribution >= 4 is 12.1 Å². The summed E-state index contributed by atoms with van der Waals surface area (Å²) in [6.45, 7) is 6.50. The van der Waals surface area contributed by atoms with Crippen molar-refractivity contribution < 1.29 is 19.1 Å². The molecule has 1 heterocycles. The monoisotopic (exact) mass is 421 g/mol. The first-order valence-electron chi connectivity index (χ1n) is 11.2. The number of hydrogen-bond donors (Lipinski definition) is 0. The van der Waals surface area contributed by atoms with E-state index in [0.29, 0.717) is 13.2 Å². The van der Waals surface area contributed by atoms with Crippen molar-refractivity contribution in [2.75, 3.05) is 13.2 Å². The summed E-state index contributed by atoms with van der Waals surface area (Å²) in [6, 6.07) is 16.4. The topological polar surface area (TPSA) is 55.8 Å². The van der Waals surface area contributed by atoms with Crippen LogP contribution >= 0.6 is 0 Å². The molecule has 1 aliphatic carbocycles. The van der Waals surface area contributed by atoms with Crippen molar-refractivity contribution in [2.24, 2.45) is 0 Å². The standard InChI is InChI=1S/C26H31NO4/c1-26(2,3)31-25(29)27-15-9-8-10-18(27)16-24(28)30-17-23-21-13-6-4-11-19(21)20-12-5-7-14-22(20)23/h4-7,11-14,18,23H,8-10,15-17H2,1-3H3/t18-/m0/s1. The van der Waals surface area contributed by atoms with Gasteiger partial charge in [-0.2, -0.15) is 0 Å². The summed E-state index contributed by atoms with van der Waals surface area (Å²) in [6.07, 6.45) is 2.59. The van der Waals surface area contributed by atoms with E-state index in [1.807, 2.05) is 45.0 Å². The van der Waals surface area contributed by atoms with Crippen molar-refractivity contribution in [3.05, 3.63) is 59.7 Å². The molecule has 1 saturated heterocycles. The molecule has 1 amide bonds. The summed E-state index contributed by atoms with van der Waals surface area (Å²) < 4.78 is 11.3. The van der Waals surface area contributed by atoms with E-state index < -0.39 is 5.60 Å². The summed E-state index contributed by atoms with van der Waals surface area (Å²) >= 11 is 0. The van der Waals surface area contributed by atoms with Crippen molar-refractivity contribution in [1.29, 1.82) is 0 Å². The second kappa shape index (κ2) is 8.74. The summed E-state index contributed by atoms with van der Waals surface area (Å²) in [5.74, 6) is -0.216. The molecule has 31 heavy (non-hydrogen) atoms. The number of piperidine rings is 1. The summed E-state index contributed by atoms with van der Waals surface area (Å²) in [4.78, 5) is 27.0. The molecule has 0 N–H and O–H groups in total. The fourth-order valence-corrected chi connectivity index (χ4v) is 4.64. The van der Waals surface area contributed by atoms with Crippen LogP contribution in [0.5, 0.6) is 0 Å². The van der Waals surface area contributed by atoms with Gasteiger partial charge in [-0.25, -0.2) is 4.79 Å². The van der Waals surface area contributed by atoms with E-state index in [0.717, 1.165) is 19.3 Å². The molecule has 0 spiro atoms. The number of carbonyl (C=O) groups excluding carboxylic acids is 2. The van der Waals surface area contributed by atoms with Crippen LogP contribution in [0.1, 0.15) is 63.5 Å². The van der Waals surface area contributed by atoms with Gasteiger partial charge < -0.3 is 14.4 Å². The molecular formula is C26H31NO4. The lowest BCUT2D eigenvalue weighted by atomic mass is 9.98. The van der Waals surface area contributed by atoms with Gasteiger partial charge in [0.05, 0.1) is 6.42 Å². The lowest BCUT2D eigenvalue weighted by Crippen LogP contribution is -2.47. The minimum Gasteiger partial charge on any atom is -0.465 e. The Bertz CT molecular complexity index is 916. The minimum atomic E-state index is -0.553. The quantitative estimate of drug-likeness (QED) is 0.610. The van der Waals surface area contributed by atoms with Crippen LogP contribution in [0.4, 0.5) is 4.79 Å². The van der Waals surface area contributed by atoms with Gasteiger partial charge in [0.1, 0.15) is 12.2 Å². The van der Waals surface area contributed by atoms with E-state index in [-0.39, 0.29) is 30.4 Å². The fourth-order valence-electron chi connectivity index (χ4n) is 4.64. The van der Waals surface area contributed by atoms with Gasteiger partial charge in [-0.3, -0.25) is 4.79 Å². The number of nitrogens with zero attached hydrogens (tertiary/aromatic N) is 1. The predicted octanol–water partition coefficient (Wildman–Crippen LogP) is 5.52. The zero-order valence-electron chi connectivity index (χ0n) is 18.6. The van der Waals surface area contributed by atoms with E-state index in [9.17, 15) is 9.59 Å². The third kappa shape index (κ3) is 4.76. The molecule has 4 rings (SSSR count). The van der Waals surface area contributed by atoms with Crippen LogP contribution in [0.2, 0.25) is 0 Å². The zero-order valence-corrected chi connectivity index (χ0v) is 18.6. The molecule has 0 saturated carbocycles. The average Bonchev–Trinajstić information content (AvgIpc) is 3.05. The Morgan fingerprint density at radius 2 is 1.58 bits per heavy atom. The molecular weight excluding hydrogens is 390 g/mol. The van der Waals surface area contributed by atoms with Crippen LogP contribution in [-0.2, 0) is 14.3 Å².